The molecule has 3 N–H and O–H groups in total. The second-order valence-electron chi connectivity index (χ2n) is 4.88. The molecule has 1 aromatic rings. The van der Waals surface area contributed by atoms with Crippen LogP contribution >= 0.6 is 0 Å². The highest BCUT2D eigenvalue weighted by Gasteiger charge is 2.19. The molecule has 0 radical (unpaired) electrons. The second kappa shape index (κ2) is 9.45. The molecule has 0 heterocycles. The van der Waals surface area contributed by atoms with Gasteiger partial charge in [-0.25, -0.2) is 0 Å². The van der Waals surface area contributed by atoms with E-state index in [4.69, 9.17) is 15.2 Å². The maximum Gasteiger partial charge on any atom is 0.306 e. The number of esters is 1. The first-order valence-electron chi connectivity index (χ1n) is 7.33. The highest BCUT2D eigenvalue weighted by molar-refractivity contribution is 5.88. The zero-order valence-electron chi connectivity index (χ0n) is 13.3. The predicted molar refractivity (Wildman–Crippen MR) is 83.7 cm³/mol. The van der Waals surface area contributed by atoms with Crippen LogP contribution in [0.1, 0.15) is 25.3 Å². The first-order chi connectivity index (χ1) is 11.0. The van der Waals surface area contributed by atoms with E-state index in [0.29, 0.717) is 5.75 Å². The van der Waals surface area contributed by atoms with Gasteiger partial charge in [-0.05, 0) is 24.6 Å². The number of ether oxygens (including phenoxy) is 2. The number of hydrogen-bond acceptors (Lipinski definition) is 5. The minimum atomic E-state index is -0.835. The summed E-state index contributed by atoms with van der Waals surface area (Å²) in [4.78, 5) is 34.5. The molecule has 23 heavy (non-hydrogen) atoms. The highest BCUT2D eigenvalue weighted by Crippen LogP contribution is 2.12. The van der Waals surface area contributed by atoms with Gasteiger partial charge >= 0.3 is 5.97 Å². The third kappa shape index (κ3) is 6.82. The first kappa shape index (κ1) is 18.5. The fourth-order valence-corrected chi connectivity index (χ4v) is 1.94. The van der Waals surface area contributed by atoms with Crippen LogP contribution in [0.25, 0.3) is 0 Å². The molecule has 126 valence electrons. The Hall–Kier alpha value is -2.57. The minimum absolute atomic E-state index is 0.0340. The van der Waals surface area contributed by atoms with Gasteiger partial charge in [0.05, 0.1) is 20.1 Å². The number of methoxy groups -OCH3 is 1. The molecule has 0 bridgehead atoms. The van der Waals surface area contributed by atoms with Crippen LogP contribution < -0.4 is 15.8 Å². The lowest BCUT2D eigenvalue weighted by molar-refractivity contribution is -0.144. The number of amides is 2. The zero-order chi connectivity index (χ0) is 17.2. The average Bonchev–Trinajstić information content (AvgIpc) is 2.53. The van der Waals surface area contributed by atoms with Crippen molar-refractivity contribution in [2.24, 2.45) is 5.73 Å². The fourth-order valence-electron chi connectivity index (χ4n) is 1.94. The summed E-state index contributed by atoms with van der Waals surface area (Å²) in [5.41, 5.74) is 6.16. The van der Waals surface area contributed by atoms with E-state index < -0.39 is 23.8 Å². The van der Waals surface area contributed by atoms with Crippen molar-refractivity contribution in [1.29, 1.82) is 0 Å². The van der Waals surface area contributed by atoms with E-state index in [1.54, 1.807) is 38.3 Å². The van der Waals surface area contributed by atoms with E-state index >= 15 is 0 Å². The Labute approximate surface area is 135 Å². The van der Waals surface area contributed by atoms with Crippen molar-refractivity contribution in [3.63, 3.8) is 0 Å². The lowest BCUT2D eigenvalue weighted by Crippen LogP contribution is -2.45. The van der Waals surface area contributed by atoms with Crippen molar-refractivity contribution in [2.75, 3.05) is 13.7 Å². The lowest BCUT2D eigenvalue weighted by Gasteiger charge is -2.15. The van der Waals surface area contributed by atoms with E-state index in [0.717, 1.165) is 5.56 Å². The van der Waals surface area contributed by atoms with Crippen molar-refractivity contribution in [3.8, 4) is 5.75 Å². The summed E-state index contributed by atoms with van der Waals surface area (Å²) in [6, 6.07) is 6.27. The number of carbonyl (C=O) groups is 3. The number of nitrogens with one attached hydrogen (secondary N) is 1. The molecule has 0 saturated carbocycles. The van der Waals surface area contributed by atoms with Crippen LogP contribution in [0.3, 0.4) is 0 Å². The third-order valence-corrected chi connectivity index (χ3v) is 3.14. The third-order valence-electron chi connectivity index (χ3n) is 3.14. The molecule has 7 heteroatoms. The molecule has 1 aromatic carbocycles. The smallest absolute Gasteiger partial charge is 0.306 e. The Kier molecular flexibility index (Phi) is 7.59. The summed E-state index contributed by atoms with van der Waals surface area (Å²) in [5.74, 6) is -0.808. The van der Waals surface area contributed by atoms with Gasteiger partial charge in [-0.3, -0.25) is 14.4 Å². The van der Waals surface area contributed by atoms with Crippen LogP contribution in [0.2, 0.25) is 0 Å². The standard InChI is InChI=1S/C16H22N2O5/c1-3-23-15(20)9-8-14(19)18-13(16(17)21)10-11-4-6-12(22-2)7-5-11/h4-7,13H,3,8-10H2,1-2H3,(H2,17,21)(H,18,19)/t13-/m1/s1. The monoisotopic (exact) mass is 322 g/mol. The van der Waals surface area contributed by atoms with Crippen LogP contribution in [0.5, 0.6) is 5.75 Å². The number of nitrogens with two attached hydrogens (primary N) is 1. The van der Waals surface area contributed by atoms with Crippen LogP contribution in [0.15, 0.2) is 24.3 Å². The summed E-state index contributed by atoms with van der Waals surface area (Å²) in [6.45, 7) is 1.96. The molecule has 1 atom stereocenters. The molecule has 7 nitrogen and oxygen atoms in total. The molecule has 1 rings (SSSR count). The molecule has 0 aliphatic carbocycles. The van der Waals surface area contributed by atoms with Crippen molar-refractivity contribution in [1.82, 2.24) is 5.32 Å². The van der Waals surface area contributed by atoms with Crippen molar-refractivity contribution >= 4 is 17.8 Å². The minimum Gasteiger partial charge on any atom is -0.497 e. The van der Waals surface area contributed by atoms with Gasteiger partial charge in [0.25, 0.3) is 0 Å². The lowest BCUT2D eigenvalue weighted by atomic mass is 10.0. The summed E-state index contributed by atoms with van der Waals surface area (Å²) < 4.78 is 9.79. The summed E-state index contributed by atoms with van der Waals surface area (Å²) in [7, 11) is 1.56. The Bertz CT molecular complexity index is 542. The van der Waals surface area contributed by atoms with Crippen LogP contribution in [-0.4, -0.2) is 37.5 Å². The molecule has 0 fully saturated rings. The average molecular weight is 322 g/mol. The normalized spacial score (nSPS) is 11.4. The number of hydrogen-bond donors (Lipinski definition) is 2. The SMILES string of the molecule is CCOC(=O)CCC(=O)N[C@H](Cc1ccc(OC)cc1)C(N)=O. The van der Waals surface area contributed by atoms with Gasteiger partial charge in [-0.15, -0.1) is 0 Å². The van der Waals surface area contributed by atoms with Crippen molar-refractivity contribution in [3.05, 3.63) is 29.8 Å². The molecule has 0 aromatic heterocycles. The number of carbonyl (C=O) groups excluding carboxylic acids is 3. The van der Waals surface area contributed by atoms with Gasteiger partial charge in [0, 0.05) is 12.8 Å². The molecule has 2 amide bonds. The van der Waals surface area contributed by atoms with Gasteiger partial charge in [-0.2, -0.15) is 0 Å². The van der Waals surface area contributed by atoms with E-state index in [2.05, 4.69) is 5.32 Å². The molecule has 0 aliphatic heterocycles. The van der Waals surface area contributed by atoms with Gasteiger partial charge in [0.15, 0.2) is 0 Å². The quantitative estimate of drug-likeness (QED) is 0.646. The molecule has 0 spiro atoms. The number of rotatable bonds is 9. The van der Waals surface area contributed by atoms with Crippen LogP contribution in [0.4, 0.5) is 0 Å². The fraction of sp³-hybridized carbons (Fsp3) is 0.438. The molecule has 0 aliphatic rings. The number of primary amides is 1. The van der Waals surface area contributed by atoms with Crippen LogP contribution in [0, 0.1) is 0 Å². The van der Waals surface area contributed by atoms with E-state index in [1.807, 2.05) is 0 Å². The van der Waals surface area contributed by atoms with Gasteiger partial charge in [-0.1, -0.05) is 12.1 Å². The Morgan fingerprint density at radius 3 is 2.35 bits per heavy atom. The molecular formula is C16H22N2O5. The summed E-state index contributed by atoms with van der Waals surface area (Å²) in [6.07, 6.45) is 0.184. The number of benzene rings is 1. The molecule has 0 unspecified atom stereocenters. The van der Waals surface area contributed by atoms with Crippen molar-refractivity contribution in [2.45, 2.75) is 32.2 Å². The van der Waals surface area contributed by atoms with Crippen molar-refractivity contribution < 1.29 is 23.9 Å². The van der Waals surface area contributed by atoms with E-state index in [1.165, 1.54) is 0 Å². The van der Waals surface area contributed by atoms with Gasteiger partial charge in [0.1, 0.15) is 11.8 Å². The highest BCUT2D eigenvalue weighted by atomic mass is 16.5. The maximum atomic E-state index is 11.8. The second-order valence-corrected chi connectivity index (χ2v) is 4.88. The first-order valence-corrected chi connectivity index (χ1v) is 7.33. The molecular weight excluding hydrogens is 300 g/mol. The molecule has 0 saturated heterocycles. The van der Waals surface area contributed by atoms with Gasteiger partial charge < -0.3 is 20.5 Å². The topological polar surface area (TPSA) is 108 Å². The Morgan fingerprint density at radius 2 is 1.83 bits per heavy atom. The van der Waals surface area contributed by atoms with E-state index in [-0.39, 0.29) is 25.9 Å². The maximum absolute atomic E-state index is 11.8. The van der Waals surface area contributed by atoms with E-state index in [9.17, 15) is 14.4 Å². The summed E-state index contributed by atoms with van der Waals surface area (Å²) in [5, 5.41) is 2.54. The largest absolute Gasteiger partial charge is 0.497 e. The Balaban J connectivity index is 2.55. The zero-order valence-corrected chi connectivity index (χ0v) is 13.3. The summed E-state index contributed by atoms with van der Waals surface area (Å²) >= 11 is 0. The van der Waals surface area contributed by atoms with Gasteiger partial charge in [0.2, 0.25) is 11.8 Å². The van der Waals surface area contributed by atoms with Crippen LogP contribution in [-0.2, 0) is 25.5 Å². The predicted octanol–water partition coefficient (Wildman–Crippen LogP) is 0.551. The Morgan fingerprint density at radius 1 is 1.17 bits per heavy atom.